The van der Waals surface area contributed by atoms with Gasteiger partial charge in [-0.1, -0.05) is 12.0 Å². The van der Waals surface area contributed by atoms with E-state index in [4.69, 9.17) is 11.2 Å². The number of hydrogen-bond donors (Lipinski definition) is 1. The number of piperazine rings is 1. The molecule has 1 saturated heterocycles. The van der Waals surface area contributed by atoms with Gasteiger partial charge in [0.1, 0.15) is 5.60 Å². The molecule has 1 aliphatic rings. The van der Waals surface area contributed by atoms with Crippen molar-refractivity contribution in [1.82, 2.24) is 9.80 Å². The van der Waals surface area contributed by atoms with Crippen LogP contribution in [0.25, 0.3) is 0 Å². The van der Waals surface area contributed by atoms with Crippen molar-refractivity contribution in [2.24, 2.45) is 0 Å². The van der Waals surface area contributed by atoms with Crippen molar-refractivity contribution in [2.75, 3.05) is 31.5 Å². The molecule has 1 heterocycles. The van der Waals surface area contributed by atoms with Crippen LogP contribution in [0.4, 0.5) is 15.3 Å². The fourth-order valence-corrected chi connectivity index (χ4v) is 2.31. The molecule has 2 rings (SSSR count). The minimum atomic E-state index is -0.520. The van der Waals surface area contributed by atoms with Crippen LogP contribution in [0, 0.1) is 12.3 Å². The summed E-state index contributed by atoms with van der Waals surface area (Å²) in [4.78, 5) is 27.6. The lowest BCUT2D eigenvalue weighted by Crippen LogP contribution is -2.52. The number of ether oxygens (including phenoxy) is 1. The van der Waals surface area contributed by atoms with Crippen molar-refractivity contribution < 1.29 is 14.3 Å². The minimum absolute atomic E-state index is 0.201. The Labute approximate surface area is 142 Å². The number of rotatable bonds is 1. The molecule has 24 heavy (non-hydrogen) atoms. The van der Waals surface area contributed by atoms with Gasteiger partial charge in [0.15, 0.2) is 0 Å². The quantitative estimate of drug-likeness (QED) is 0.806. The van der Waals surface area contributed by atoms with E-state index in [9.17, 15) is 9.59 Å². The summed E-state index contributed by atoms with van der Waals surface area (Å²) in [6.45, 7) is 7.32. The van der Waals surface area contributed by atoms with Crippen LogP contribution in [0.15, 0.2) is 24.3 Å². The molecule has 6 heteroatoms. The van der Waals surface area contributed by atoms with Crippen LogP contribution in [0.2, 0.25) is 0 Å². The molecule has 0 spiro atoms. The van der Waals surface area contributed by atoms with Gasteiger partial charge in [-0.05, 0) is 39.0 Å². The Morgan fingerprint density at radius 1 is 1.17 bits per heavy atom. The molecule has 6 nitrogen and oxygen atoms in total. The molecule has 0 aromatic heterocycles. The van der Waals surface area contributed by atoms with Crippen molar-refractivity contribution in [3.8, 4) is 12.3 Å². The first-order valence-corrected chi connectivity index (χ1v) is 7.89. The number of nitrogens with zero attached hydrogens (tertiary/aromatic N) is 2. The van der Waals surface area contributed by atoms with E-state index >= 15 is 0 Å². The van der Waals surface area contributed by atoms with Crippen LogP contribution < -0.4 is 5.32 Å². The predicted octanol–water partition coefficient (Wildman–Crippen LogP) is 2.75. The highest BCUT2D eigenvalue weighted by atomic mass is 16.6. The summed E-state index contributed by atoms with van der Waals surface area (Å²) < 4.78 is 5.34. The SMILES string of the molecule is C#Cc1cccc(NC(=O)N2CCN(C(=O)OC(C)(C)C)CC2)c1. The number of carbonyl (C=O) groups is 2. The number of hydrogen-bond acceptors (Lipinski definition) is 3. The summed E-state index contributed by atoms with van der Waals surface area (Å²) in [6.07, 6.45) is 5.01. The van der Waals surface area contributed by atoms with Gasteiger partial charge in [-0.3, -0.25) is 0 Å². The third-order valence-corrected chi connectivity index (χ3v) is 3.50. The van der Waals surface area contributed by atoms with Gasteiger partial charge in [0, 0.05) is 37.4 Å². The zero-order valence-corrected chi connectivity index (χ0v) is 14.3. The predicted molar refractivity (Wildman–Crippen MR) is 92.8 cm³/mol. The normalized spacial score (nSPS) is 14.8. The topological polar surface area (TPSA) is 61.9 Å². The molecule has 0 atom stereocenters. The van der Waals surface area contributed by atoms with Gasteiger partial charge < -0.3 is 19.9 Å². The molecule has 0 aliphatic carbocycles. The Hall–Kier alpha value is -2.68. The van der Waals surface area contributed by atoms with Crippen molar-refractivity contribution in [3.05, 3.63) is 29.8 Å². The molecule has 1 aromatic carbocycles. The largest absolute Gasteiger partial charge is 0.444 e. The number of amides is 3. The highest BCUT2D eigenvalue weighted by Gasteiger charge is 2.27. The average Bonchev–Trinajstić information content (AvgIpc) is 2.53. The van der Waals surface area contributed by atoms with Gasteiger partial charge in [-0.15, -0.1) is 6.42 Å². The minimum Gasteiger partial charge on any atom is -0.444 e. The number of urea groups is 1. The fourth-order valence-electron chi connectivity index (χ4n) is 2.31. The van der Waals surface area contributed by atoms with Gasteiger partial charge in [-0.25, -0.2) is 9.59 Å². The zero-order valence-electron chi connectivity index (χ0n) is 14.3. The van der Waals surface area contributed by atoms with E-state index in [-0.39, 0.29) is 12.1 Å². The molecule has 1 fully saturated rings. The number of benzene rings is 1. The van der Waals surface area contributed by atoms with E-state index in [1.165, 1.54) is 0 Å². The first-order chi connectivity index (χ1) is 11.3. The second-order valence-corrected chi connectivity index (χ2v) is 6.61. The van der Waals surface area contributed by atoms with Crippen LogP contribution in [-0.4, -0.2) is 53.7 Å². The van der Waals surface area contributed by atoms with Crippen LogP contribution in [0.3, 0.4) is 0 Å². The van der Waals surface area contributed by atoms with Crippen LogP contribution in [0.1, 0.15) is 26.3 Å². The maximum atomic E-state index is 12.3. The van der Waals surface area contributed by atoms with Gasteiger partial charge in [-0.2, -0.15) is 0 Å². The lowest BCUT2D eigenvalue weighted by atomic mass is 10.2. The van der Waals surface area contributed by atoms with E-state index in [2.05, 4.69) is 11.2 Å². The van der Waals surface area contributed by atoms with Crippen LogP contribution in [-0.2, 0) is 4.74 Å². The molecule has 0 radical (unpaired) electrons. The molecule has 128 valence electrons. The van der Waals surface area contributed by atoms with Gasteiger partial charge in [0.2, 0.25) is 0 Å². The van der Waals surface area contributed by atoms with E-state index in [1.807, 2.05) is 20.8 Å². The van der Waals surface area contributed by atoms with E-state index < -0.39 is 5.60 Å². The fraction of sp³-hybridized carbons (Fsp3) is 0.444. The number of terminal acetylenes is 1. The van der Waals surface area contributed by atoms with Gasteiger partial charge in [0.05, 0.1) is 0 Å². The Bertz CT molecular complexity index is 650. The Balaban J connectivity index is 1.86. The van der Waals surface area contributed by atoms with E-state index in [0.717, 1.165) is 0 Å². The molecule has 0 saturated carbocycles. The van der Waals surface area contributed by atoms with Crippen molar-refractivity contribution in [3.63, 3.8) is 0 Å². The second kappa shape index (κ2) is 7.26. The molecule has 0 unspecified atom stereocenters. The summed E-state index contributed by atoms with van der Waals surface area (Å²) in [5, 5.41) is 2.83. The first-order valence-electron chi connectivity index (χ1n) is 7.89. The summed E-state index contributed by atoms with van der Waals surface area (Å²) in [7, 11) is 0. The molecular formula is C18H23N3O3. The Morgan fingerprint density at radius 2 is 1.79 bits per heavy atom. The number of nitrogens with one attached hydrogen (secondary N) is 1. The third kappa shape index (κ3) is 4.92. The van der Waals surface area contributed by atoms with Crippen molar-refractivity contribution in [2.45, 2.75) is 26.4 Å². The summed E-state index contributed by atoms with van der Waals surface area (Å²) in [5.41, 5.74) is 0.848. The molecule has 1 N–H and O–H groups in total. The third-order valence-electron chi connectivity index (χ3n) is 3.50. The van der Waals surface area contributed by atoms with Crippen LogP contribution in [0.5, 0.6) is 0 Å². The van der Waals surface area contributed by atoms with E-state index in [0.29, 0.717) is 37.4 Å². The summed E-state index contributed by atoms with van der Waals surface area (Å²) in [6, 6.07) is 6.93. The van der Waals surface area contributed by atoms with Gasteiger partial charge >= 0.3 is 12.1 Å². The highest BCUT2D eigenvalue weighted by molar-refractivity contribution is 5.89. The lowest BCUT2D eigenvalue weighted by molar-refractivity contribution is 0.0174. The molecular weight excluding hydrogens is 306 g/mol. The van der Waals surface area contributed by atoms with E-state index in [1.54, 1.807) is 34.1 Å². The lowest BCUT2D eigenvalue weighted by Gasteiger charge is -2.35. The number of carbonyl (C=O) groups excluding carboxylic acids is 2. The number of anilines is 1. The molecule has 1 aliphatic heterocycles. The zero-order chi connectivity index (χ0) is 17.7. The summed E-state index contributed by atoms with van der Waals surface area (Å²) >= 11 is 0. The molecule has 1 aromatic rings. The summed E-state index contributed by atoms with van der Waals surface area (Å²) in [5.74, 6) is 2.53. The van der Waals surface area contributed by atoms with Crippen molar-refractivity contribution in [1.29, 1.82) is 0 Å². The Kier molecular flexibility index (Phi) is 5.35. The molecule has 0 bridgehead atoms. The first kappa shape index (κ1) is 17.7. The standard InChI is InChI=1S/C18H23N3O3/c1-5-14-7-6-8-15(13-14)19-16(22)20-9-11-21(12-10-20)17(23)24-18(2,3)4/h1,6-8,13H,9-12H2,2-4H3,(H,19,22). The maximum Gasteiger partial charge on any atom is 0.410 e. The maximum absolute atomic E-state index is 12.3. The van der Waals surface area contributed by atoms with Crippen LogP contribution >= 0.6 is 0 Å². The monoisotopic (exact) mass is 329 g/mol. The smallest absolute Gasteiger partial charge is 0.410 e. The van der Waals surface area contributed by atoms with Crippen molar-refractivity contribution >= 4 is 17.8 Å². The van der Waals surface area contributed by atoms with Gasteiger partial charge in [0.25, 0.3) is 0 Å². The second-order valence-electron chi connectivity index (χ2n) is 6.61. The highest BCUT2D eigenvalue weighted by Crippen LogP contribution is 2.14. The Morgan fingerprint density at radius 3 is 2.38 bits per heavy atom. The molecule has 3 amide bonds. The average molecular weight is 329 g/mol.